The Morgan fingerprint density at radius 2 is 1.91 bits per heavy atom. The van der Waals surface area contributed by atoms with E-state index >= 15 is 0 Å². The zero-order valence-corrected chi connectivity index (χ0v) is 20.2. The van der Waals surface area contributed by atoms with E-state index in [1.54, 1.807) is 36.6 Å². The second kappa shape index (κ2) is 11.1. The molecular weight excluding hydrogens is 492 g/mol. The van der Waals surface area contributed by atoms with E-state index in [0.29, 0.717) is 15.5 Å². The van der Waals surface area contributed by atoms with Gasteiger partial charge in [-0.1, -0.05) is 12.1 Å². The van der Waals surface area contributed by atoms with Crippen molar-refractivity contribution in [3.05, 3.63) is 70.2 Å². The van der Waals surface area contributed by atoms with Crippen LogP contribution in [-0.4, -0.2) is 30.8 Å². The SMILES string of the molecule is COC(=O)c1ccc(COc2ccc(C(F)(F)F)cc2N(CC(C)F)Sc2nc(C)cs2)cc1. The second-order valence-corrected chi connectivity index (χ2v) is 9.47. The lowest BCUT2D eigenvalue weighted by Gasteiger charge is -2.26. The molecule has 3 rings (SSSR count). The number of hydrogen-bond acceptors (Lipinski definition) is 7. The maximum absolute atomic E-state index is 14.0. The Morgan fingerprint density at radius 3 is 2.47 bits per heavy atom. The molecule has 0 aliphatic heterocycles. The molecule has 182 valence electrons. The Kier molecular flexibility index (Phi) is 8.42. The smallest absolute Gasteiger partial charge is 0.416 e. The molecule has 0 spiro atoms. The molecule has 1 unspecified atom stereocenters. The highest BCUT2D eigenvalue weighted by molar-refractivity contribution is 8.02. The molecule has 11 heteroatoms. The summed E-state index contributed by atoms with van der Waals surface area (Å²) in [5.41, 5.74) is 1.02. The number of thiazole rings is 1. The Balaban J connectivity index is 1.91. The van der Waals surface area contributed by atoms with Gasteiger partial charge in [-0.15, -0.1) is 11.3 Å². The molecule has 34 heavy (non-hydrogen) atoms. The first-order valence-corrected chi connectivity index (χ1v) is 11.7. The maximum atomic E-state index is 14.0. The van der Waals surface area contributed by atoms with Gasteiger partial charge in [0.05, 0.1) is 30.5 Å². The lowest BCUT2D eigenvalue weighted by molar-refractivity contribution is -0.137. The number of benzene rings is 2. The van der Waals surface area contributed by atoms with Gasteiger partial charge in [0.15, 0.2) is 4.34 Å². The summed E-state index contributed by atoms with van der Waals surface area (Å²) in [7, 11) is 1.28. The third-order valence-electron chi connectivity index (χ3n) is 4.53. The first kappa shape index (κ1) is 25.8. The molecule has 0 radical (unpaired) electrons. The molecule has 0 bridgehead atoms. The summed E-state index contributed by atoms with van der Waals surface area (Å²) in [4.78, 5) is 15.9. The minimum absolute atomic E-state index is 0.0276. The largest absolute Gasteiger partial charge is 0.487 e. The summed E-state index contributed by atoms with van der Waals surface area (Å²) >= 11 is 2.37. The van der Waals surface area contributed by atoms with E-state index in [9.17, 15) is 22.4 Å². The molecule has 1 heterocycles. The van der Waals surface area contributed by atoms with Crippen molar-refractivity contribution in [3.8, 4) is 5.75 Å². The number of methoxy groups -OCH3 is 1. The topological polar surface area (TPSA) is 51.7 Å². The van der Waals surface area contributed by atoms with Gasteiger partial charge < -0.3 is 13.8 Å². The molecule has 0 saturated carbocycles. The Morgan fingerprint density at radius 1 is 1.21 bits per heavy atom. The summed E-state index contributed by atoms with van der Waals surface area (Å²) in [5, 5.41) is 1.81. The quantitative estimate of drug-likeness (QED) is 0.180. The van der Waals surface area contributed by atoms with Crippen LogP contribution in [0.4, 0.5) is 23.2 Å². The highest BCUT2D eigenvalue weighted by Gasteiger charge is 2.32. The predicted molar refractivity (Wildman–Crippen MR) is 124 cm³/mol. The fourth-order valence-corrected chi connectivity index (χ4v) is 4.91. The zero-order chi connectivity index (χ0) is 24.9. The van der Waals surface area contributed by atoms with Crippen molar-refractivity contribution in [1.82, 2.24) is 4.98 Å². The van der Waals surface area contributed by atoms with Crippen LogP contribution in [0.2, 0.25) is 0 Å². The van der Waals surface area contributed by atoms with Crippen molar-refractivity contribution in [3.63, 3.8) is 0 Å². The molecule has 0 fully saturated rings. The zero-order valence-electron chi connectivity index (χ0n) is 18.6. The number of aryl methyl sites for hydroxylation is 1. The van der Waals surface area contributed by atoms with Crippen molar-refractivity contribution in [2.75, 3.05) is 18.0 Å². The standard InChI is InChI=1S/C23H22F4N2O3S2/c1-14(24)11-29(34-22-28-15(2)13-33-22)19-10-18(23(25,26)27)8-9-20(19)32-12-16-4-6-17(7-5-16)21(30)31-3/h4-10,13-14H,11-12H2,1-3H3. The number of rotatable bonds is 9. The normalized spacial score (nSPS) is 12.3. The van der Waals surface area contributed by atoms with E-state index in [-0.39, 0.29) is 24.6 Å². The van der Waals surface area contributed by atoms with Gasteiger partial charge >= 0.3 is 12.1 Å². The number of hydrogen-bond donors (Lipinski definition) is 0. The average molecular weight is 515 g/mol. The molecule has 0 aliphatic rings. The van der Waals surface area contributed by atoms with Gasteiger partial charge in [-0.25, -0.2) is 14.2 Å². The van der Waals surface area contributed by atoms with Crippen LogP contribution in [0.15, 0.2) is 52.2 Å². The van der Waals surface area contributed by atoms with Gasteiger partial charge in [-0.3, -0.25) is 0 Å². The second-order valence-electron chi connectivity index (χ2n) is 7.35. The van der Waals surface area contributed by atoms with Crippen molar-refractivity contribution < 1.29 is 31.8 Å². The van der Waals surface area contributed by atoms with Gasteiger partial charge in [-0.2, -0.15) is 13.2 Å². The lowest BCUT2D eigenvalue weighted by atomic mass is 10.1. The van der Waals surface area contributed by atoms with Crippen molar-refractivity contribution in [2.24, 2.45) is 0 Å². The third kappa shape index (κ3) is 6.86. The van der Waals surface area contributed by atoms with E-state index in [0.717, 1.165) is 29.8 Å². The first-order valence-electron chi connectivity index (χ1n) is 10.1. The number of halogens is 4. The molecule has 1 aromatic heterocycles. The average Bonchev–Trinajstić information content (AvgIpc) is 3.20. The van der Waals surface area contributed by atoms with Crippen LogP contribution in [0.5, 0.6) is 5.75 Å². The molecule has 0 aliphatic carbocycles. The van der Waals surface area contributed by atoms with Crippen molar-refractivity contribution in [1.29, 1.82) is 0 Å². The van der Waals surface area contributed by atoms with Gasteiger partial charge in [-0.05, 0) is 49.7 Å². The molecule has 0 amide bonds. The minimum atomic E-state index is -4.58. The summed E-state index contributed by atoms with van der Waals surface area (Å²) in [6.45, 7) is 2.99. The lowest BCUT2D eigenvalue weighted by Crippen LogP contribution is -2.23. The summed E-state index contributed by atoms with van der Waals surface area (Å²) in [5.74, 6) is -0.325. The summed E-state index contributed by atoms with van der Waals surface area (Å²) in [6.07, 6.45) is -5.89. The van der Waals surface area contributed by atoms with Crippen LogP contribution < -0.4 is 9.04 Å². The molecule has 2 aromatic carbocycles. The fraction of sp³-hybridized carbons (Fsp3) is 0.304. The van der Waals surface area contributed by atoms with Crippen LogP contribution in [0.3, 0.4) is 0 Å². The monoisotopic (exact) mass is 514 g/mol. The first-order chi connectivity index (χ1) is 16.1. The molecule has 0 N–H and O–H groups in total. The summed E-state index contributed by atoms with van der Waals surface area (Å²) < 4.78 is 66.9. The fourth-order valence-electron chi connectivity index (χ4n) is 2.91. The third-order valence-corrected chi connectivity index (χ3v) is 6.61. The maximum Gasteiger partial charge on any atom is 0.416 e. The number of aromatic nitrogens is 1. The molecule has 1 atom stereocenters. The molecule has 3 aromatic rings. The van der Waals surface area contributed by atoms with Gasteiger partial charge in [0.1, 0.15) is 18.5 Å². The van der Waals surface area contributed by atoms with Gasteiger partial charge in [0.25, 0.3) is 0 Å². The van der Waals surface area contributed by atoms with Crippen LogP contribution in [0.1, 0.15) is 34.1 Å². The van der Waals surface area contributed by atoms with E-state index in [2.05, 4.69) is 9.72 Å². The highest BCUT2D eigenvalue weighted by atomic mass is 32.2. The number of ether oxygens (including phenoxy) is 2. The molecule has 5 nitrogen and oxygen atoms in total. The van der Waals surface area contributed by atoms with Crippen LogP contribution in [0, 0.1) is 6.92 Å². The number of alkyl halides is 4. The number of anilines is 1. The van der Waals surface area contributed by atoms with Crippen molar-refractivity contribution >= 4 is 34.9 Å². The van der Waals surface area contributed by atoms with Crippen molar-refractivity contribution in [2.45, 2.75) is 37.1 Å². The predicted octanol–water partition coefficient (Wildman–Crippen LogP) is 6.71. The summed E-state index contributed by atoms with van der Waals surface area (Å²) in [6, 6.07) is 9.55. The van der Waals surface area contributed by atoms with E-state index < -0.39 is 23.9 Å². The number of carbonyl (C=O) groups excluding carboxylic acids is 1. The Bertz CT molecular complexity index is 1120. The highest BCUT2D eigenvalue weighted by Crippen LogP contribution is 2.41. The van der Waals surface area contributed by atoms with Crippen LogP contribution in [0.25, 0.3) is 0 Å². The van der Waals surface area contributed by atoms with E-state index in [1.807, 2.05) is 0 Å². The minimum Gasteiger partial charge on any atom is -0.487 e. The number of nitrogens with zero attached hydrogens (tertiary/aromatic N) is 2. The Hall–Kier alpha value is -2.79. The molecule has 0 saturated heterocycles. The Labute approximate surface area is 202 Å². The molecular formula is C23H22F4N2O3S2. The number of carbonyl (C=O) groups is 1. The van der Waals surface area contributed by atoms with E-state index in [1.165, 1.54) is 35.7 Å². The van der Waals surface area contributed by atoms with Gasteiger partial charge in [0.2, 0.25) is 0 Å². The van der Waals surface area contributed by atoms with E-state index in [4.69, 9.17) is 4.74 Å². The van der Waals surface area contributed by atoms with Gasteiger partial charge in [0, 0.05) is 23.0 Å². The number of esters is 1. The van der Waals surface area contributed by atoms with Crippen LogP contribution >= 0.6 is 23.3 Å². The van der Waals surface area contributed by atoms with Crippen LogP contribution in [-0.2, 0) is 17.5 Å².